The van der Waals surface area contributed by atoms with Crippen molar-refractivity contribution in [3.63, 3.8) is 0 Å². The summed E-state index contributed by atoms with van der Waals surface area (Å²) in [6.07, 6.45) is 1.72. The Morgan fingerprint density at radius 3 is 2.95 bits per heavy atom. The molecule has 6 nitrogen and oxygen atoms in total. The van der Waals surface area contributed by atoms with E-state index in [2.05, 4.69) is 10.3 Å². The van der Waals surface area contributed by atoms with Gasteiger partial charge in [-0.05, 0) is 0 Å². The van der Waals surface area contributed by atoms with Crippen molar-refractivity contribution < 1.29 is 4.79 Å². The second-order valence-electron chi connectivity index (χ2n) is 4.76. The van der Waals surface area contributed by atoms with Crippen molar-refractivity contribution in [2.45, 2.75) is 5.75 Å². The van der Waals surface area contributed by atoms with Gasteiger partial charge >= 0.3 is 0 Å². The first-order valence-electron chi connectivity index (χ1n) is 6.76. The Bertz CT molecular complexity index is 697. The van der Waals surface area contributed by atoms with E-state index in [0.717, 1.165) is 31.9 Å². The molecule has 2 aromatic heterocycles. The second kappa shape index (κ2) is 7.96. The summed E-state index contributed by atoms with van der Waals surface area (Å²) >= 11 is 2.95. The molecule has 0 atom stereocenters. The molecule has 1 N–H and O–H groups in total. The summed E-state index contributed by atoms with van der Waals surface area (Å²) < 4.78 is 1.53. The van der Waals surface area contributed by atoms with Gasteiger partial charge in [0.2, 0.25) is 5.91 Å². The van der Waals surface area contributed by atoms with Crippen molar-refractivity contribution in [3.8, 4) is 0 Å². The molecular formula is C13H17ClN4O2S2. The fourth-order valence-corrected chi connectivity index (χ4v) is 3.77. The summed E-state index contributed by atoms with van der Waals surface area (Å²) in [4.78, 5) is 30.9. The SMILES string of the molecule is Cl.O=C(CSCc1cc(=O)n2ccsc2n1)N1CCNCC1. The first-order chi connectivity index (χ1) is 10.2. The Morgan fingerprint density at radius 1 is 1.41 bits per heavy atom. The van der Waals surface area contributed by atoms with Crippen molar-refractivity contribution in [2.75, 3.05) is 31.9 Å². The molecule has 0 aromatic carbocycles. The van der Waals surface area contributed by atoms with Crippen LogP contribution in [-0.4, -0.2) is 52.1 Å². The topological polar surface area (TPSA) is 66.7 Å². The molecule has 9 heteroatoms. The summed E-state index contributed by atoms with van der Waals surface area (Å²) in [6.45, 7) is 3.29. The highest BCUT2D eigenvalue weighted by atomic mass is 35.5. The Labute approximate surface area is 142 Å². The third-order valence-electron chi connectivity index (χ3n) is 3.30. The molecule has 2 aromatic rings. The number of halogens is 1. The van der Waals surface area contributed by atoms with Crippen LogP contribution in [0.3, 0.4) is 0 Å². The van der Waals surface area contributed by atoms with Crippen molar-refractivity contribution in [3.05, 3.63) is 33.7 Å². The number of hydrogen-bond donors (Lipinski definition) is 1. The molecule has 3 rings (SSSR count). The molecule has 1 saturated heterocycles. The van der Waals surface area contributed by atoms with Crippen LogP contribution in [0.4, 0.5) is 0 Å². The van der Waals surface area contributed by atoms with Gasteiger partial charge in [0, 0.05) is 49.6 Å². The predicted molar refractivity (Wildman–Crippen MR) is 92.2 cm³/mol. The Morgan fingerprint density at radius 2 is 2.18 bits per heavy atom. The van der Waals surface area contributed by atoms with Crippen LogP contribution in [0.5, 0.6) is 0 Å². The number of nitrogens with zero attached hydrogens (tertiary/aromatic N) is 3. The molecule has 1 aliphatic heterocycles. The minimum absolute atomic E-state index is 0. The maximum atomic E-state index is 12.0. The molecule has 3 heterocycles. The highest BCUT2D eigenvalue weighted by Gasteiger charge is 2.15. The van der Waals surface area contributed by atoms with Gasteiger partial charge in [0.25, 0.3) is 5.56 Å². The van der Waals surface area contributed by atoms with E-state index >= 15 is 0 Å². The van der Waals surface area contributed by atoms with Crippen LogP contribution < -0.4 is 10.9 Å². The smallest absolute Gasteiger partial charge is 0.258 e. The lowest BCUT2D eigenvalue weighted by atomic mass is 10.3. The number of piperazine rings is 1. The summed E-state index contributed by atoms with van der Waals surface area (Å²) in [5, 5.41) is 5.07. The number of amides is 1. The lowest BCUT2D eigenvalue weighted by Gasteiger charge is -2.27. The number of carbonyl (C=O) groups excluding carboxylic acids is 1. The average molecular weight is 361 g/mol. The van der Waals surface area contributed by atoms with Crippen LogP contribution in [-0.2, 0) is 10.5 Å². The van der Waals surface area contributed by atoms with E-state index in [1.165, 1.54) is 27.5 Å². The number of fused-ring (bicyclic) bond motifs is 1. The maximum absolute atomic E-state index is 12.0. The molecule has 22 heavy (non-hydrogen) atoms. The van der Waals surface area contributed by atoms with E-state index in [1.807, 2.05) is 10.3 Å². The Hall–Kier alpha value is -1.09. The number of hydrogen-bond acceptors (Lipinski definition) is 6. The first-order valence-corrected chi connectivity index (χ1v) is 8.79. The zero-order valence-corrected chi connectivity index (χ0v) is 14.3. The second-order valence-corrected chi connectivity index (χ2v) is 6.62. The lowest BCUT2D eigenvalue weighted by Crippen LogP contribution is -2.47. The van der Waals surface area contributed by atoms with Gasteiger partial charge in [-0.25, -0.2) is 4.98 Å². The van der Waals surface area contributed by atoms with E-state index in [9.17, 15) is 9.59 Å². The number of carbonyl (C=O) groups is 1. The van der Waals surface area contributed by atoms with Crippen molar-refractivity contribution in [1.82, 2.24) is 19.6 Å². The highest BCUT2D eigenvalue weighted by molar-refractivity contribution is 7.99. The lowest BCUT2D eigenvalue weighted by molar-refractivity contribution is -0.128. The van der Waals surface area contributed by atoms with Gasteiger partial charge < -0.3 is 10.2 Å². The molecule has 1 fully saturated rings. The largest absolute Gasteiger partial charge is 0.339 e. The van der Waals surface area contributed by atoms with Crippen molar-refractivity contribution in [2.24, 2.45) is 0 Å². The minimum Gasteiger partial charge on any atom is -0.339 e. The molecule has 120 valence electrons. The molecule has 0 unspecified atom stereocenters. The first kappa shape index (κ1) is 17.3. The Kier molecular flexibility index (Phi) is 6.25. The summed E-state index contributed by atoms with van der Waals surface area (Å²) in [7, 11) is 0. The third-order valence-corrected chi connectivity index (χ3v) is 5.01. The van der Waals surface area contributed by atoms with Gasteiger partial charge in [0.05, 0.1) is 11.4 Å². The fourth-order valence-electron chi connectivity index (χ4n) is 2.21. The van der Waals surface area contributed by atoms with Gasteiger partial charge in [0.1, 0.15) is 0 Å². The van der Waals surface area contributed by atoms with Crippen LogP contribution in [0.2, 0.25) is 0 Å². The van der Waals surface area contributed by atoms with E-state index in [4.69, 9.17) is 0 Å². The quantitative estimate of drug-likeness (QED) is 0.875. The molecule has 0 bridgehead atoms. The van der Waals surface area contributed by atoms with Gasteiger partial charge in [-0.15, -0.1) is 35.5 Å². The van der Waals surface area contributed by atoms with Gasteiger partial charge in [-0.1, -0.05) is 0 Å². The molecule has 0 aliphatic carbocycles. The summed E-state index contributed by atoms with van der Waals surface area (Å²) in [6, 6.07) is 1.54. The number of thiazole rings is 1. The van der Waals surface area contributed by atoms with E-state index in [0.29, 0.717) is 16.5 Å². The summed E-state index contributed by atoms with van der Waals surface area (Å²) in [5.74, 6) is 1.18. The minimum atomic E-state index is -0.0646. The van der Waals surface area contributed by atoms with Crippen molar-refractivity contribution in [1.29, 1.82) is 0 Å². The molecule has 0 radical (unpaired) electrons. The van der Waals surface area contributed by atoms with Crippen LogP contribution in [0, 0.1) is 0 Å². The maximum Gasteiger partial charge on any atom is 0.258 e. The molecule has 1 aliphatic rings. The average Bonchev–Trinajstić information content (AvgIpc) is 2.97. The number of aromatic nitrogens is 2. The van der Waals surface area contributed by atoms with E-state index in [1.54, 1.807) is 12.3 Å². The zero-order chi connectivity index (χ0) is 14.7. The van der Waals surface area contributed by atoms with Crippen LogP contribution >= 0.6 is 35.5 Å². The Balaban J connectivity index is 0.00000176. The summed E-state index contributed by atoms with van der Waals surface area (Å²) in [5.41, 5.74) is 0.672. The van der Waals surface area contributed by atoms with E-state index in [-0.39, 0.29) is 23.9 Å². The highest BCUT2D eigenvalue weighted by Crippen LogP contribution is 2.13. The van der Waals surface area contributed by atoms with Gasteiger partial charge in [-0.3, -0.25) is 14.0 Å². The van der Waals surface area contributed by atoms with Crippen LogP contribution in [0.25, 0.3) is 4.96 Å². The third kappa shape index (κ3) is 4.01. The molecule has 0 saturated carbocycles. The normalized spacial score (nSPS) is 14.8. The monoisotopic (exact) mass is 360 g/mol. The standard InChI is InChI=1S/C13H16N4O2S2.ClH/c18-11-7-10(15-13-17(11)5-6-21-13)8-20-9-12(19)16-3-1-14-2-4-16;/h5-7,14H,1-4,8-9H2;1H. The zero-order valence-electron chi connectivity index (χ0n) is 11.9. The van der Waals surface area contributed by atoms with E-state index < -0.39 is 0 Å². The van der Waals surface area contributed by atoms with Gasteiger partial charge in [0.15, 0.2) is 4.96 Å². The van der Waals surface area contributed by atoms with Crippen LogP contribution in [0.15, 0.2) is 22.4 Å². The molecular weight excluding hydrogens is 344 g/mol. The number of thioether (sulfide) groups is 1. The van der Waals surface area contributed by atoms with Gasteiger partial charge in [-0.2, -0.15) is 0 Å². The van der Waals surface area contributed by atoms with Crippen LogP contribution in [0.1, 0.15) is 5.69 Å². The predicted octanol–water partition coefficient (Wildman–Crippen LogP) is 0.843. The number of nitrogens with one attached hydrogen (secondary N) is 1. The fraction of sp³-hybridized carbons (Fsp3) is 0.462. The number of rotatable bonds is 4. The molecule has 0 spiro atoms. The molecule has 1 amide bonds. The van der Waals surface area contributed by atoms with Crippen molar-refractivity contribution >= 4 is 46.4 Å².